The van der Waals surface area contributed by atoms with E-state index in [1.807, 2.05) is 24.3 Å². The van der Waals surface area contributed by atoms with Crippen LogP contribution in [0.3, 0.4) is 0 Å². The summed E-state index contributed by atoms with van der Waals surface area (Å²) in [6.45, 7) is 2.02. The summed E-state index contributed by atoms with van der Waals surface area (Å²) in [6.07, 6.45) is 6.41. The van der Waals surface area contributed by atoms with E-state index < -0.39 is 5.91 Å². The number of halogens is 2. The van der Waals surface area contributed by atoms with Gasteiger partial charge in [-0.15, -0.1) is 0 Å². The third kappa shape index (κ3) is 4.33. The van der Waals surface area contributed by atoms with Crippen LogP contribution in [0, 0.1) is 0 Å². The first-order chi connectivity index (χ1) is 13.6. The molecular weight excluding hydrogens is 490 g/mol. The number of amides is 1. The molecule has 0 spiro atoms. The van der Waals surface area contributed by atoms with Crippen molar-refractivity contribution in [2.45, 2.75) is 25.7 Å². The van der Waals surface area contributed by atoms with E-state index in [0.717, 1.165) is 33.3 Å². The number of nitrogens with zero attached hydrogens (tertiary/aromatic N) is 2. The van der Waals surface area contributed by atoms with Gasteiger partial charge in [-0.25, -0.2) is 5.43 Å². The number of hydrazone groups is 1. The van der Waals surface area contributed by atoms with Gasteiger partial charge in [-0.2, -0.15) is 5.10 Å². The normalized spacial score (nSPS) is 15.3. The Balaban J connectivity index is 1.41. The van der Waals surface area contributed by atoms with E-state index in [9.17, 15) is 4.79 Å². The molecule has 2 aromatic heterocycles. The van der Waals surface area contributed by atoms with E-state index in [-0.39, 0.29) is 5.76 Å². The van der Waals surface area contributed by atoms with E-state index in [1.165, 1.54) is 31.9 Å². The number of hydrogen-bond donors (Lipinski definition) is 1. The molecule has 3 heterocycles. The zero-order chi connectivity index (χ0) is 19.5. The zero-order valence-corrected chi connectivity index (χ0v) is 18.3. The van der Waals surface area contributed by atoms with Gasteiger partial charge in [0.05, 0.1) is 10.7 Å². The molecule has 0 aliphatic carbocycles. The summed E-state index contributed by atoms with van der Waals surface area (Å²) in [4.78, 5) is 14.6. The van der Waals surface area contributed by atoms with Gasteiger partial charge in [-0.3, -0.25) is 4.79 Å². The first-order valence-electron chi connectivity index (χ1n) is 9.17. The predicted molar refractivity (Wildman–Crippen MR) is 116 cm³/mol. The van der Waals surface area contributed by atoms with Crippen molar-refractivity contribution in [1.82, 2.24) is 5.43 Å². The third-order valence-corrected chi connectivity index (χ3v) is 5.69. The van der Waals surface area contributed by atoms with Crippen molar-refractivity contribution < 1.29 is 13.6 Å². The maximum atomic E-state index is 12.3. The summed E-state index contributed by atoms with van der Waals surface area (Å²) in [7, 11) is 0. The van der Waals surface area contributed by atoms with Gasteiger partial charge in [0.2, 0.25) is 0 Å². The van der Waals surface area contributed by atoms with Gasteiger partial charge < -0.3 is 13.7 Å². The molecule has 6 nitrogen and oxygen atoms in total. The van der Waals surface area contributed by atoms with E-state index in [0.29, 0.717) is 11.3 Å². The minimum Gasteiger partial charge on any atom is -0.450 e. The fourth-order valence-electron chi connectivity index (χ4n) is 3.27. The molecule has 28 heavy (non-hydrogen) atoms. The van der Waals surface area contributed by atoms with E-state index >= 15 is 0 Å². The van der Waals surface area contributed by atoms with Crippen LogP contribution in [0.4, 0.5) is 5.88 Å². The van der Waals surface area contributed by atoms with Crippen LogP contribution in [0.5, 0.6) is 0 Å². The molecule has 1 aromatic carbocycles. The zero-order valence-electron chi connectivity index (χ0n) is 15.1. The van der Waals surface area contributed by atoms with E-state index in [4.69, 9.17) is 8.83 Å². The minimum absolute atomic E-state index is 0.190. The highest BCUT2D eigenvalue weighted by Crippen LogP contribution is 2.31. The third-order valence-electron chi connectivity index (χ3n) is 4.65. The smallest absolute Gasteiger partial charge is 0.307 e. The molecule has 1 saturated heterocycles. The van der Waals surface area contributed by atoms with Crippen LogP contribution >= 0.6 is 31.9 Å². The Morgan fingerprint density at radius 1 is 1.07 bits per heavy atom. The second-order valence-corrected chi connectivity index (χ2v) is 8.46. The molecule has 8 heteroatoms. The lowest BCUT2D eigenvalue weighted by atomic mass is 10.2. The number of hydrogen-bond acceptors (Lipinski definition) is 5. The molecule has 0 atom stereocenters. The second-order valence-electron chi connectivity index (χ2n) is 6.69. The minimum atomic E-state index is -0.422. The van der Waals surface area contributed by atoms with Crippen molar-refractivity contribution in [3.8, 4) is 0 Å². The summed E-state index contributed by atoms with van der Waals surface area (Å²) >= 11 is 6.85. The Morgan fingerprint density at radius 2 is 1.86 bits per heavy atom. The maximum absolute atomic E-state index is 12.3. The van der Waals surface area contributed by atoms with E-state index in [1.54, 1.807) is 6.07 Å². The molecule has 146 valence electrons. The van der Waals surface area contributed by atoms with Crippen molar-refractivity contribution in [2.24, 2.45) is 5.10 Å². The Kier molecular flexibility index (Phi) is 5.87. The lowest BCUT2D eigenvalue weighted by molar-refractivity contribution is 0.0929. The number of furan rings is 2. The second kappa shape index (κ2) is 8.53. The van der Waals surface area contributed by atoms with E-state index in [2.05, 4.69) is 47.3 Å². The molecular formula is C20H19Br2N3O3. The van der Waals surface area contributed by atoms with Crippen LogP contribution in [0.1, 0.15) is 42.0 Å². The Morgan fingerprint density at radius 3 is 2.64 bits per heavy atom. The van der Waals surface area contributed by atoms with Crippen molar-refractivity contribution in [3.63, 3.8) is 0 Å². The molecule has 1 fully saturated rings. The van der Waals surface area contributed by atoms with Crippen LogP contribution in [0.25, 0.3) is 11.0 Å². The van der Waals surface area contributed by atoms with Crippen LogP contribution in [0.15, 0.2) is 53.2 Å². The number of nitrogens with one attached hydrogen (secondary N) is 1. The van der Waals surface area contributed by atoms with Gasteiger partial charge in [0, 0.05) is 29.0 Å². The number of fused-ring (bicyclic) bond motifs is 1. The molecule has 0 radical (unpaired) electrons. The fraction of sp³-hybridized carbons (Fsp3) is 0.300. The largest absolute Gasteiger partial charge is 0.450 e. The van der Waals surface area contributed by atoms with Crippen LogP contribution in [-0.2, 0) is 0 Å². The summed E-state index contributed by atoms with van der Waals surface area (Å²) < 4.78 is 13.1. The van der Waals surface area contributed by atoms with Crippen molar-refractivity contribution >= 4 is 60.8 Å². The standard InChI is InChI=1S/C20H19Br2N3O3/c21-14-9-13-10-17(28-19(13)16(22)11-14)20(26)24-23-12-15-5-6-18(27-15)25-7-3-1-2-4-8-25/h5-6,9-12H,1-4,7-8H2,(H,24,26)/b23-12-. The van der Waals surface area contributed by atoms with Gasteiger partial charge in [-0.05, 0) is 53.0 Å². The van der Waals surface area contributed by atoms with Gasteiger partial charge in [0.15, 0.2) is 11.6 Å². The lowest BCUT2D eigenvalue weighted by Gasteiger charge is -2.18. The highest BCUT2D eigenvalue weighted by Gasteiger charge is 2.15. The lowest BCUT2D eigenvalue weighted by Crippen LogP contribution is -2.23. The number of carbonyl (C=O) groups is 1. The quantitative estimate of drug-likeness (QED) is 0.362. The molecule has 0 saturated carbocycles. The van der Waals surface area contributed by atoms with Gasteiger partial charge >= 0.3 is 5.91 Å². The summed E-state index contributed by atoms with van der Waals surface area (Å²) in [5, 5.41) is 4.81. The first kappa shape index (κ1) is 19.3. The molecule has 0 unspecified atom stereocenters. The van der Waals surface area contributed by atoms with Gasteiger partial charge in [0.1, 0.15) is 11.3 Å². The van der Waals surface area contributed by atoms with Gasteiger partial charge in [0.25, 0.3) is 0 Å². The van der Waals surface area contributed by atoms with Crippen molar-refractivity contribution in [3.05, 3.63) is 50.8 Å². The molecule has 4 rings (SSSR count). The molecule has 0 bridgehead atoms. The SMILES string of the molecule is O=C(N/N=C\c1ccc(N2CCCCCC2)o1)c1cc2cc(Br)cc(Br)c2o1. The summed E-state index contributed by atoms with van der Waals surface area (Å²) in [6, 6.07) is 9.23. The Bertz CT molecular complexity index is 1020. The summed E-state index contributed by atoms with van der Waals surface area (Å²) in [5.41, 5.74) is 3.09. The highest BCUT2D eigenvalue weighted by molar-refractivity contribution is 9.11. The number of carbonyl (C=O) groups excluding carboxylic acids is 1. The maximum Gasteiger partial charge on any atom is 0.307 e. The molecule has 1 amide bonds. The first-order valence-corrected chi connectivity index (χ1v) is 10.8. The van der Waals surface area contributed by atoms with Crippen molar-refractivity contribution in [1.29, 1.82) is 0 Å². The number of anilines is 1. The Labute approximate surface area is 179 Å². The molecule has 3 aromatic rings. The number of benzene rings is 1. The molecule has 1 aliphatic heterocycles. The van der Waals surface area contributed by atoms with Crippen LogP contribution in [0.2, 0.25) is 0 Å². The average molecular weight is 509 g/mol. The topological polar surface area (TPSA) is 71.0 Å². The number of rotatable bonds is 4. The van der Waals surface area contributed by atoms with Crippen LogP contribution < -0.4 is 10.3 Å². The summed E-state index contributed by atoms with van der Waals surface area (Å²) in [5.74, 6) is 1.21. The molecule has 1 aliphatic rings. The Hall–Kier alpha value is -2.06. The van der Waals surface area contributed by atoms with Crippen LogP contribution in [-0.4, -0.2) is 25.2 Å². The molecule has 1 N–H and O–H groups in total. The highest BCUT2D eigenvalue weighted by atomic mass is 79.9. The monoisotopic (exact) mass is 507 g/mol. The van der Waals surface area contributed by atoms with Gasteiger partial charge in [-0.1, -0.05) is 28.8 Å². The van der Waals surface area contributed by atoms with Crippen molar-refractivity contribution in [2.75, 3.05) is 18.0 Å². The average Bonchev–Trinajstić information content (AvgIpc) is 3.22. The fourth-order valence-corrected chi connectivity index (χ4v) is 4.61. The predicted octanol–water partition coefficient (Wildman–Crippen LogP) is 5.70.